The minimum absolute atomic E-state index is 0.0321. The summed E-state index contributed by atoms with van der Waals surface area (Å²) in [6, 6.07) is 11.0. The van der Waals surface area contributed by atoms with E-state index in [0.717, 1.165) is 11.3 Å². The van der Waals surface area contributed by atoms with Crippen molar-refractivity contribution in [1.29, 1.82) is 0 Å². The van der Waals surface area contributed by atoms with Gasteiger partial charge in [-0.15, -0.1) is 0 Å². The molecule has 0 aliphatic carbocycles. The van der Waals surface area contributed by atoms with Gasteiger partial charge < -0.3 is 24.3 Å². The van der Waals surface area contributed by atoms with Crippen molar-refractivity contribution in [2.45, 2.75) is 19.0 Å². The Bertz CT molecular complexity index is 802. The lowest BCUT2D eigenvalue weighted by Crippen LogP contribution is -2.53. The van der Waals surface area contributed by atoms with Gasteiger partial charge in [0.25, 0.3) is 5.91 Å². The molecule has 0 fully saturated rings. The normalized spacial score (nSPS) is 16.1. The molecule has 1 atom stereocenters. The SMILES string of the molecule is COCCN1C(=O)c2cccn2CC1CNC(=O)Cc1cccc(OC)c1. The van der Waals surface area contributed by atoms with Crippen LogP contribution in [-0.2, 0) is 22.5 Å². The maximum absolute atomic E-state index is 12.7. The summed E-state index contributed by atoms with van der Waals surface area (Å²) in [5, 5.41) is 2.96. The highest BCUT2D eigenvalue weighted by atomic mass is 16.5. The monoisotopic (exact) mass is 371 g/mol. The summed E-state index contributed by atoms with van der Waals surface area (Å²) in [5.74, 6) is 0.611. The molecule has 1 aliphatic rings. The number of carbonyl (C=O) groups excluding carboxylic acids is 2. The van der Waals surface area contributed by atoms with Crippen molar-refractivity contribution in [3.63, 3.8) is 0 Å². The molecule has 1 aromatic carbocycles. The Kier molecular flexibility index (Phi) is 6.13. The Labute approximate surface area is 158 Å². The second-order valence-electron chi connectivity index (χ2n) is 6.52. The van der Waals surface area contributed by atoms with E-state index in [9.17, 15) is 9.59 Å². The van der Waals surface area contributed by atoms with Gasteiger partial charge in [0.15, 0.2) is 0 Å². The number of amides is 2. The van der Waals surface area contributed by atoms with Crippen LogP contribution in [0, 0.1) is 0 Å². The lowest BCUT2D eigenvalue weighted by molar-refractivity contribution is -0.120. The summed E-state index contributed by atoms with van der Waals surface area (Å²) in [6.45, 7) is 2.00. The molecule has 1 N–H and O–H groups in total. The van der Waals surface area contributed by atoms with E-state index < -0.39 is 0 Å². The first-order valence-electron chi connectivity index (χ1n) is 8.97. The molecule has 2 heterocycles. The summed E-state index contributed by atoms with van der Waals surface area (Å²) < 4.78 is 12.3. The first-order chi connectivity index (χ1) is 13.1. The predicted molar refractivity (Wildman–Crippen MR) is 101 cm³/mol. The number of hydrogen-bond donors (Lipinski definition) is 1. The summed E-state index contributed by atoms with van der Waals surface area (Å²) in [5.41, 5.74) is 1.56. The van der Waals surface area contributed by atoms with E-state index in [-0.39, 0.29) is 24.3 Å². The number of aromatic nitrogens is 1. The number of ether oxygens (including phenoxy) is 2. The molecule has 0 spiro atoms. The third-order valence-electron chi connectivity index (χ3n) is 4.73. The Morgan fingerprint density at radius 3 is 2.89 bits per heavy atom. The zero-order valence-electron chi connectivity index (χ0n) is 15.7. The summed E-state index contributed by atoms with van der Waals surface area (Å²) in [4.78, 5) is 26.9. The largest absolute Gasteiger partial charge is 0.497 e. The predicted octanol–water partition coefficient (Wildman–Crippen LogP) is 1.33. The Hall–Kier alpha value is -2.80. The van der Waals surface area contributed by atoms with Crippen LogP contribution < -0.4 is 10.1 Å². The van der Waals surface area contributed by atoms with E-state index in [1.165, 1.54) is 0 Å². The van der Waals surface area contributed by atoms with Crippen molar-refractivity contribution in [2.24, 2.45) is 0 Å². The quantitative estimate of drug-likeness (QED) is 0.760. The van der Waals surface area contributed by atoms with Gasteiger partial charge in [0.1, 0.15) is 11.4 Å². The molecule has 0 saturated carbocycles. The summed E-state index contributed by atoms with van der Waals surface area (Å²) >= 11 is 0. The Morgan fingerprint density at radius 1 is 1.26 bits per heavy atom. The number of nitrogens with zero attached hydrogens (tertiary/aromatic N) is 2. The molecule has 0 saturated heterocycles. The summed E-state index contributed by atoms with van der Waals surface area (Å²) in [7, 11) is 3.21. The average Bonchev–Trinajstić information content (AvgIpc) is 3.15. The zero-order valence-corrected chi connectivity index (χ0v) is 15.7. The van der Waals surface area contributed by atoms with Gasteiger partial charge in [-0.25, -0.2) is 0 Å². The van der Waals surface area contributed by atoms with Crippen molar-refractivity contribution >= 4 is 11.8 Å². The van der Waals surface area contributed by atoms with Gasteiger partial charge in [0.05, 0.1) is 26.2 Å². The molecular formula is C20H25N3O4. The molecule has 2 amide bonds. The maximum atomic E-state index is 12.7. The van der Waals surface area contributed by atoms with Gasteiger partial charge >= 0.3 is 0 Å². The highest BCUT2D eigenvalue weighted by Gasteiger charge is 2.31. The van der Waals surface area contributed by atoms with Crippen LogP contribution >= 0.6 is 0 Å². The van der Waals surface area contributed by atoms with E-state index in [2.05, 4.69) is 5.32 Å². The van der Waals surface area contributed by atoms with Crippen molar-refractivity contribution < 1.29 is 19.1 Å². The van der Waals surface area contributed by atoms with Gasteiger partial charge in [-0.05, 0) is 29.8 Å². The van der Waals surface area contributed by atoms with Crippen molar-refractivity contribution in [2.75, 3.05) is 33.9 Å². The van der Waals surface area contributed by atoms with Crippen LogP contribution in [-0.4, -0.2) is 61.2 Å². The second-order valence-corrected chi connectivity index (χ2v) is 6.52. The molecule has 2 aromatic rings. The first kappa shape index (κ1) is 19.0. The molecule has 1 aromatic heterocycles. The number of carbonyl (C=O) groups is 2. The van der Waals surface area contributed by atoms with Crippen LogP contribution in [0.4, 0.5) is 0 Å². The molecule has 1 aliphatic heterocycles. The topological polar surface area (TPSA) is 72.8 Å². The molecule has 7 heteroatoms. The van der Waals surface area contributed by atoms with E-state index in [1.54, 1.807) is 19.1 Å². The highest BCUT2D eigenvalue weighted by Crippen LogP contribution is 2.18. The smallest absolute Gasteiger partial charge is 0.270 e. The average molecular weight is 371 g/mol. The number of benzene rings is 1. The minimum atomic E-state index is -0.109. The lowest BCUT2D eigenvalue weighted by Gasteiger charge is -2.36. The third-order valence-corrected chi connectivity index (χ3v) is 4.73. The van der Waals surface area contributed by atoms with Crippen LogP contribution in [0.2, 0.25) is 0 Å². The van der Waals surface area contributed by atoms with Crippen molar-refractivity contribution in [1.82, 2.24) is 14.8 Å². The van der Waals surface area contributed by atoms with E-state index in [1.807, 2.05) is 47.2 Å². The van der Waals surface area contributed by atoms with Crippen molar-refractivity contribution in [3.05, 3.63) is 53.9 Å². The fourth-order valence-corrected chi connectivity index (χ4v) is 3.32. The second kappa shape index (κ2) is 8.73. The third kappa shape index (κ3) is 4.49. The molecule has 3 rings (SSSR count). The molecule has 0 radical (unpaired) electrons. The number of nitrogens with one attached hydrogen (secondary N) is 1. The molecule has 144 valence electrons. The van der Waals surface area contributed by atoms with E-state index in [0.29, 0.717) is 31.9 Å². The number of rotatable bonds is 8. The highest BCUT2D eigenvalue weighted by molar-refractivity contribution is 5.93. The lowest BCUT2D eigenvalue weighted by atomic mass is 10.1. The van der Waals surface area contributed by atoms with Crippen LogP contribution in [0.1, 0.15) is 16.1 Å². The van der Waals surface area contributed by atoms with E-state index >= 15 is 0 Å². The number of fused-ring (bicyclic) bond motifs is 1. The maximum Gasteiger partial charge on any atom is 0.270 e. The molecular weight excluding hydrogens is 346 g/mol. The van der Waals surface area contributed by atoms with Gasteiger partial charge in [0, 0.05) is 32.9 Å². The molecule has 1 unspecified atom stereocenters. The summed E-state index contributed by atoms with van der Waals surface area (Å²) in [6.07, 6.45) is 2.16. The van der Waals surface area contributed by atoms with Gasteiger partial charge in [-0.3, -0.25) is 9.59 Å². The van der Waals surface area contributed by atoms with E-state index in [4.69, 9.17) is 9.47 Å². The van der Waals surface area contributed by atoms with Gasteiger partial charge in [-0.2, -0.15) is 0 Å². The first-order valence-corrected chi connectivity index (χ1v) is 8.97. The van der Waals surface area contributed by atoms with Crippen LogP contribution in [0.15, 0.2) is 42.6 Å². The molecule has 0 bridgehead atoms. The standard InChI is InChI=1S/C20H25N3O4/c1-26-10-9-23-16(14-22-8-4-7-18(22)20(23)25)13-21-19(24)12-15-5-3-6-17(11-15)27-2/h3-8,11,16H,9-10,12-14H2,1-2H3,(H,21,24). The number of methoxy groups -OCH3 is 2. The fraction of sp³-hybridized carbons (Fsp3) is 0.400. The number of hydrogen-bond acceptors (Lipinski definition) is 4. The van der Waals surface area contributed by atoms with Crippen LogP contribution in [0.5, 0.6) is 5.75 Å². The van der Waals surface area contributed by atoms with Gasteiger partial charge in [0.2, 0.25) is 5.91 Å². The fourth-order valence-electron chi connectivity index (χ4n) is 3.32. The molecule has 7 nitrogen and oxygen atoms in total. The minimum Gasteiger partial charge on any atom is -0.497 e. The Balaban J connectivity index is 1.62. The van der Waals surface area contributed by atoms with Crippen LogP contribution in [0.3, 0.4) is 0 Å². The van der Waals surface area contributed by atoms with Crippen LogP contribution in [0.25, 0.3) is 0 Å². The molecule has 27 heavy (non-hydrogen) atoms. The van der Waals surface area contributed by atoms with Gasteiger partial charge in [-0.1, -0.05) is 12.1 Å². The zero-order chi connectivity index (χ0) is 19.2. The van der Waals surface area contributed by atoms with Crippen molar-refractivity contribution in [3.8, 4) is 5.75 Å². The Morgan fingerprint density at radius 2 is 2.11 bits per heavy atom.